The predicted octanol–water partition coefficient (Wildman–Crippen LogP) is 6.03. The summed E-state index contributed by atoms with van der Waals surface area (Å²) in [7, 11) is 0. The van der Waals surface area contributed by atoms with Gasteiger partial charge in [-0.25, -0.2) is 4.98 Å². The highest BCUT2D eigenvalue weighted by molar-refractivity contribution is 6.31. The molecule has 4 aromatic rings. The fraction of sp³-hybridized carbons (Fsp3) is 0.240. The van der Waals surface area contributed by atoms with Crippen molar-refractivity contribution >= 4 is 45.4 Å². The highest BCUT2D eigenvalue weighted by Crippen LogP contribution is 2.33. The van der Waals surface area contributed by atoms with E-state index in [9.17, 15) is 9.59 Å². The van der Waals surface area contributed by atoms with Gasteiger partial charge in [0.1, 0.15) is 11.3 Å². The summed E-state index contributed by atoms with van der Waals surface area (Å²) in [5.74, 6) is -2.70. The number of oxazole rings is 1. The Balaban J connectivity index is 1.39. The molecule has 33 heavy (non-hydrogen) atoms. The molecule has 0 atom stereocenters. The molecular formula is C25H22ClNO6. The van der Waals surface area contributed by atoms with Crippen LogP contribution in [0.3, 0.4) is 0 Å². The van der Waals surface area contributed by atoms with E-state index in [1.54, 1.807) is 18.2 Å². The molecule has 0 saturated heterocycles. The molecule has 0 aliphatic heterocycles. The average molecular weight is 468 g/mol. The van der Waals surface area contributed by atoms with Gasteiger partial charge in [-0.05, 0) is 66.1 Å². The third-order valence-electron chi connectivity index (χ3n) is 5.43. The van der Waals surface area contributed by atoms with Crippen molar-refractivity contribution < 1.29 is 29.0 Å². The molecule has 0 saturated carbocycles. The summed E-state index contributed by atoms with van der Waals surface area (Å²) in [5, 5.41) is 20.4. The molecule has 0 aliphatic rings. The van der Waals surface area contributed by atoms with Crippen LogP contribution in [0.25, 0.3) is 33.3 Å². The first-order valence-corrected chi connectivity index (χ1v) is 11.0. The van der Waals surface area contributed by atoms with Crippen LogP contribution in [-0.4, -0.2) is 33.7 Å². The third-order valence-corrected chi connectivity index (χ3v) is 5.67. The Bertz CT molecular complexity index is 1300. The van der Waals surface area contributed by atoms with E-state index >= 15 is 0 Å². The van der Waals surface area contributed by atoms with E-state index in [2.05, 4.69) is 4.98 Å². The maximum Gasteiger partial charge on any atom is 0.317 e. The van der Waals surface area contributed by atoms with Crippen molar-refractivity contribution in [1.82, 2.24) is 4.98 Å². The van der Waals surface area contributed by atoms with Crippen LogP contribution in [0, 0.1) is 5.92 Å². The number of carboxylic acids is 2. The van der Waals surface area contributed by atoms with Gasteiger partial charge in [-0.15, -0.1) is 0 Å². The third kappa shape index (κ3) is 5.26. The van der Waals surface area contributed by atoms with Gasteiger partial charge in [0.25, 0.3) is 0 Å². The summed E-state index contributed by atoms with van der Waals surface area (Å²) in [6.45, 7) is 0.460. The summed E-state index contributed by atoms with van der Waals surface area (Å²) in [5.41, 5.74) is 2.25. The minimum Gasteiger partial charge on any atom is -0.494 e. The zero-order valence-electron chi connectivity index (χ0n) is 17.7. The molecular weight excluding hydrogens is 446 g/mol. The number of rotatable bonds is 10. The van der Waals surface area contributed by atoms with Gasteiger partial charge in [0.15, 0.2) is 11.5 Å². The molecule has 0 unspecified atom stereocenters. The standard InChI is InChI=1S/C25H22ClNO6/c26-16-8-11-22-21(14-16)27-23(33-22)19-7-4-5-15-13-17(9-10-18(15)19)32-12-3-1-2-6-20(24(28)29)25(30)31/h4-5,7-11,13-14,20H,1-3,6,12H2,(H,28,29)(H,30,31). The van der Waals surface area contributed by atoms with Crippen LogP contribution < -0.4 is 4.74 Å². The number of unbranched alkanes of at least 4 members (excludes halogenated alkanes) is 2. The normalized spacial score (nSPS) is 11.3. The maximum atomic E-state index is 10.9. The van der Waals surface area contributed by atoms with Crippen LogP contribution in [0.2, 0.25) is 5.02 Å². The van der Waals surface area contributed by atoms with Crippen molar-refractivity contribution in [3.8, 4) is 17.2 Å². The molecule has 7 nitrogen and oxygen atoms in total. The molecule has 1 aromatic heterocycles. The average Bonchev–Trinajstić information content (AvgIpc) is 3.20. The summed E-state index contributed by atoms with van der Waals surface area (Å²) in [4.78, 5) is 26.4. The number of nitrogens with zero attached hydrogens (tertiary/aromatic N) is 1. The van der Waals surface area contributed by atoms with Crippen molar-refractivity contribution in [2.45, 2.75) is 25.7 Å². The largest absolute Gasteiger partial charge is 0.494 e. The lowest BCUT2D eigenvalue weighted by atomic mass is 10.0. The second-order valence-electron chi connectivity index (χ2n) is 7.75. The van der Waals surface area contributed by atoms with Crippen molar-refractivity contribution in [1.29, 1.82) is 0 Å². The first kappa shape index (κ1) is 22.6. The number of hydrogen-bond donors (Lipinski definition) is 2. The topological polar surface area (TPSA) is 110 Å². The van der Waals surface area contributed by atoms with Crippen molar-refractivity contribution in [3.63, 3.8) is 0 Å². The van der Waals surface area contributed by atoms with Crippen LogP contribution in [-0.2, 0) is 9.59 Å². The van der Waals surface area contributed by atoms with E-state index in [0.29, 0.717) is 47.9 Å². The molecule has 0 aliphatic carbocycles. The number of hydrogen-bond acceptors (Lipinski definition) is 5. The Labute approximate surface area is 194 Å². The van der Waals surface area contributed by atoms with E-state index < -0.39 is 17.9 Å². The lowest BCUT2D eigenvalue weighted by Gasteiger charge is -2.10. The number of halogens is 1. The van der Waals surface area contributed by atoms with E-state index in [-0.39, 0.29) is 6.42 Å². The van der Waals surface area contributed by atoms with Crippen LogP contribution in [0.15, 0.2) is 59.0 Å². The number of carbonyl (C=O) groups is 2. The number of carboxylic acid groups (broad SMARTS) is 2. The van der Waals surface area contributed by atoms with Gasteiger partial charge in [0.05, 0.1) is 6.61 Å². The number of benzene rings is 3. The molecule has 0 fully saturated rings. The lowest BCUT2D eigenvalue weighted by Crippen LogP contribution is -2.23. The highest BCUT2D eigenvalue weighted by Gasteiger charge is 2.24. The molecule has 8 heteroatoms. The fourth-order valence-corrected chi connectivity index (χ4v) is 3.89. The number of fused-ring (bicyclic) bond motifs is 2. The molecule has 0 radical (unpaired) electrons. The van der Waals surface area contributed by atoms with Crippen LogP contribution in [0.5, 0.6) is 5.75 Å². The summed E-state index contributed by atoms with van der Waals surface area (Å²) in [6, 6.07) is 17.0. The van der Waals surface area contributed by atoms with Gasteiger partial charge in [0, 0.05) is 10.6 Å². The Kier molecular flexibility index (Phi) is 6.79. The molecule has 170 valence electrons. The molecule has 0 bridgehead atoms. The molecule has 0 spiro atoms. The Morgan fingerprint density at radius 3 is 2.61 bits per heavy atom. The van der Waals surface area contributed by atoms with E-state index in [0.717, 1.165) is 22.1 Å². The number of ether oxygens (including phenoxy) is 1. The maximum absolute atomic E-state index is 10.9. The van der Waals surface area contributed by atoms with Gasteiger partial charge in [0.2, 0.25) is 5.89 Å². The summed E-state index contributed by atoms with van der Waals surface area (Å²) < 4.78 is 11.8. The molecule has 3 aromatic carbocycles. The van der Waals surface area contributed by atoms with E-state index in [1.807, 2.05) is 36.4 Å². The van der Waals surface area contributed by atoms with Crippen molar-refractivity contribution in [3.05, 3.63) is 59.6 Å². The monoisotopic (exact) mass is 467 g/mol. The Morgan fingerprint density at radius 1 is 1.00 bits per heavy atom. The summed E-state index contributed by atoms with van der Waals surface area (Å²) in [6.07, 6.45) is 2.03. The minimum absolute atomic E-state index is 0.117. The summed E-state index contributed by atoms with van der Waals surface area (Å²) >= 11 is 6.05. The fourth-order valence-electron chi connectivity index (χ4n) is 3.72. The smallest absolute Gasteiger partial charge is 0.317 e. The van der Waals surface area contributed by atoms with Crippen LogP contribution >= 0.6 is 11.6 Å². The zero-order valence-corrected chi connectivity index (χ0v) is 18.4. The van der Waals surface area contributed by atoms with Crippen molar-refractivity contribution in [2.24, 2.45) is 5.92 Å². The van der Waals surface area contributed by atoms with Gasteiger partial charge in [-0.1, -0.05) is 36.6 Å². The Hall–Kier alpha value is -3.58. The highest BCUT2D eigenvalue weighted by atomic mass is 35.5. The van der Waals surface area contributed by atoms with Crippen LogP contribution in [0.4, 0.5) is 0 Å². The zero-order chi connectivity index (χ0) is 23.4. The molecule has 2 N–H and O–H groups in total. The predicted molar refractivity (Wildman–Crippen MR) is 125 cm³/mol. The lowest BCUT2D eigenvalue weighted by molar-refractivity contribution is -0.154. The van der Waals surface area contributed by atoms with Gasteiger partial charge in [-0.3, -0.25) is 9.59 Å². The number of aliphatic carboxylic acids is 2. The van der Waals surface area contributed by atoms with Crippen molar-refractivity contribution in [2.75, 3.05) is 6.61 Å². The molecule has 0 amide bonds. The van der Waals surface area contributed by atoms with Gasteiger partial charge in [-0.2, -0.15) is 0 Å². The minimum atomic E-state index is -1.35. The first-order chi connectivity index (χ1) is 15.9. The van der Waals surface area contributed by atoms with Crippen LogP contribution in [0.1, 0.15) is 25.7 Å². The number of aromatic nitrogens is 1. The van der Waals surface area contributed by atoms with Gasteiger partial charge >= 0.3 is 11.9 Å². The quantitative estimate of drug-likeness (QED) is 0.216. The Morgan fingerprint density at radius 2 is 1.82 bits per heavy atom. The molecule has 4 rings (SSSR count). The SMILES string of the molecule is O=C(O)C(CCCCCOc1ccc2c(-c3nc4cc(Cl)ccc4o3)cccc2c1)C(=O)O. The first-order valence-electron chi connectivity index (χ1n) is 10.6. The van der Waals surface area contributed by atoms with E-state index in [1.165, 1.54) is 0 Å². The van der Waals surface area contributed by atoms with Gasteiger partial charge < -0.3 is 19.4 Å². The second kappa shape index (κ2) is 9.92. The molecule has 1 heterocycles. The van der Waals surface area contributed by atoms with E-state index in [4.69, 9.17) is 31.0 Å². The second-order valence-corrected chi connectivity index (χ2v) is 8.18.